The van der Waals surface area contributed by atoms with Crippen LogP contribution in [0.25, 0.3) is 0 Å². The predicted molar refractivity (Wildman–Crippen MR) is 89.9 cm³/mol. The highest BCUT2D eigenvalue weighted by atomic mass is 16.6. The van der Waals surface area contributed by atoms with Gasteiger partial charge in [0.1, 0.15) is 23.9 Å². The van der Waals surface area contributed by atoms with Crippen molar-refractivity contribution in [3.63, 3.8) is 0 Å². The molecular weight excluding hydrogens is 340 g/mol. The number of fused-ring (bicyclic) bond motifs is 2. The summed E-state index contributed by atoms with van der Waals surface area (Å²) in [5, 5.41) is 0. The molecule has 144 valence electrons. The highest BCUT2D eigenvalue weighted by molar-refractivity contribution is 5.75. The van der Waals surface area contributed by atoms with E-state index in [9.17, 15) is 14.4 Å². The molecule has 2 saturated heterocycles. The van der Waals surface area contributed by atoms with Gasteiger partial charge < -0.3 is 18.9 Å². The Kier molecular flexibility index (Phi) is 4.86. The van der Waals surface area contributed by atoms with E-state index in [2.05, 4.69) is 0 Å². The summed E-state index contributed by atoms with van der Waals surface area (Å²) >= 11 is 0. The van der Waals surface area contributed by atoms with E-state index in [0.717, 1.165) is 5.57 Å². The molecule has 0 radical (unpaired) electrons. The highest BCUT2D eigenvalue weighted by Gasteiger charge is 2.61. The first-order valence-electron chi connectivity index (χ1n) is 9.03. The second kappa shape index (κ2) is 6.68. The fourth-order valence-electron chi connectivity index (χ4n) is 4.06. The molecular formula is C19H26O7. The number of carbonyl (C=O) groups excluding carboxylic acids is 3. The Bertz CT molecular complexity index is 654. The minimum absolute atomic E-state index is 0.139. The van der Waals surface area contributed by atoms with E-state index in [1.807, 2.05) is 26.8 Å². The maximum atomic E-state index is 12.1. The molecule has 3 aliphatic rings. The third-order valence-corrected chi connectivity index (χ3v) is 5.77. The lowest BCUT2D eigenvalue weighted by Gasteiger charge is -2.29. The molecule has 7 atom stereocenters. The van der Waals surface area contributed by atoms with Gasteiger partial charge in [0.15, 0.2) is 0 Å². The highest BCUT2D eigenvalue weighted by Crippen LogP contribution is 2.48. The van der Waals surface area contributed by atoms with Crippen molar-refractivity contribution in [2.24, 2.45) is 11.8 Å². The van der Waals surface area contributed by atoms with E-state index in [4.69, 9.17) is 18.9 Å². The summed E-state index contributed by atoms with van der Waals surface area (Å²) in [7, 11) is 0. The molecule has 0 aromatic heterocycles. The van der Waals surface area contributed by atoms with Gasteiger partial charge in [-0.25, -0.2) is 0 Å². The summed E-state index contributed by atoms with van der Waals surface area (Å²) in [6.45, 7) is 8.31. The van der Waals surface area contributed by atoms with Crippen molar-refractivity contribution >= 4 is 17.9 Å². The monoisotopic (exact) mass is 366 g/mol. The lowest BCUT2D eigenvalue weighted by atomic mass is 9.80. The van der Waals surface area contributed by atoms with Crippen LogP contribution in [0, 0.1) is 11.8 Å². The van der Waals surface area contributed by atoms with Crippen molar-refractivity contribution in [3.05, 3.63) is 11.6 Å². The van der Waals surface area contributed by atoms with Crippen molar-refractivity contribution in [3.8, 4) is 0 Å². The van der Waals surface area contributed by atoms with E-state index in [1.165, 1.54) is 13.8 Å². The van der Waals surface area contributed by atoms with Crippen LogP contribution in [0.1, 0.15) is 47.5 Å². The first-order chi connectivity index (χ1) is 12.1. The summed E-state index contributed by atoms with van der Waals surface area (Å²) in [6, 6.07) is 0. The molecule has 26 heavy (non-hydrogen) atoms. The van der Waals surface area contributed by atoms with Gasteiger partial charge in [-0.05, 0) is 31.9 Å². The Morgan fingerprint density at radius 1 is 1.19 bits per heavy atom. The topological polar surface area (TPSA) is 91.4 Å². The molecule has 7 heteroatoms. The van der Waals surface area contributed by atoms with Crippen LogP contribution in [0.2, 0.25) is 0 Å². The second-order valence-corrected chi connectivity index (χ2v) is 7.72. The molecule has 1 aliphatic carbocycles. The van der Waals surface area contributed by atoms with Crippen molar-refractivity contribution in [1.29, 1.82) is 0 Å². The Hall–Kier alpha value is -1.89. The van der Waals surface area contributed by atoms with Gasteiger partial charge in [0.05, 0.1) is 12.0 Å². The number of rotatable bonds is 2. The quantitative estimate of drug-likeness (QED) is 0.319. The molecule has 0 aromatic carbocycles. The number of ether oxygens (including phenoxy) is 4. The van der Waals surface area contributed by atoms with Crippen LogP contribution in [0.4, 0.5) is 0 Å². The maximum absolute atomic E-state index is 12.1. The van der Waals surface area contributed by atoms with Gasteiger partial charge in [-0.15, -0.1) is 0 Å². The van der Waals surface area contributed by atoms with E-state index in [1.54, 1.807) is 0 Å². The molecule has 2 aliphatic heterocycles. The Morgan fingerprint density at radius 2 is 1.85 bits per heavy atom. The van der Waals surface area contributed by atoms with Crippen molar-refractivity contribution in [1.82, 2.24) is 0 Å². The number of esters is 3. The minimum Gasteiger partial charge on any atom is -0.459 e. The zero-order chi connectivity index (χ0) is 19.2. The Morgan fingerprint density at radius 3 is 2.46 bits per heavy atom. The summed E-state index contributed by atoms with van der Waals surface area (Å²) in [5.41, 5.74) is 0.179. The summed E-state index contributed by atoms with van der Waals surface area (Å²) in [5.74, 6) is -1.49. The van der Waals surface area contributed by atoms with Gasteiger partial charge in [0.25, 0.3) is 0 Å². The van der Waals surface area contributed by atoms with Gasteiger partial charge in [-0.1, -0.05) is 6.92 Å². The van der Waals surface area contributed by atoms with Gasteiger partial charge in [-0.2, -0.15) is 0 Å². The standard InChI is InChI=1S/C19H26O7/c1-9-6-15-13(10(2)18(22)25-15)7-16(24-12(4)21)19(5)17(26-19)8-14(9)23-11(3)20/h6,10,13-17H,7-8H2,1-5H3/t10-,13+,14+,15-,16+,17-,19+/m1/s1. The van der Waals surface area contributed by atoms with Crippen LogP contribution in [-0.4, -0.2) is 47.9 Å². The zero-order valence-electron chi connectivity index (χ0n) is 15.8. The van der Waals surface area contributed by atoms with E-state index in [0.29, 0.717) is 12.8 Å². The maximum Gasteiger partial charge on any atom is 0.309 e. The van der Waals surface area contributed by atoms with Crippen molar-refractivity contribution in [2.75, 3.05) is 0 Å². The number of carbonyl (C=O) groups is 3. The minimum atomic E-state index is -0.655. The van der Waals surface area contributed by atoms with E-state index in [-0.39, 0.29) is 35.8 Å². The summed E-state index contributed by atoms with van der Waals surface area (Å²) < 4.78 is 22.4. The van der Waals surface area contributed by atoms with E-state index >= 15 is 0 Å². The van der Waals surface area contributed by atoms with Gasteiger partial charge in [-0.3, -0.25) is 14.4 Å². The molecule has 0 amide bonds. The Labute approximate surface area is 153 Å². The summed E-state index contributed by atoms with van der Waals surface area (Å²) in [4.78, 5) is 35.2. The summed E-state index contributed by atoms with van der Waals surface area (Å²) in [6.07, 6.45) is 1.22. The Balaban J connectivity index is 1.96. The van der Waals surface area contributed by atoms with Gasteiger partial charge in [0.2, 0.25) is 0 Å². The zero-order valence-corrected chi connectivity index (χ0v) is 15.8. The number of hydrogen-bond donors (Lipinski definition) is 0. The van der Waals surface area contributed by atoms with Crippen molar-refractivity contribution < 1.29 is 33.3 Å². The van der Waals surface area contributed by atoms with Gasteiger partial charge >= 0.3 is 17.9 Å². The largest absolute Gasteiger partial charge is 0.459 e. The van der Waals surface area contributed by atoms with Crippen LogP contribution in [0.15, 0.2) is 11.6 Å². The predicted octanol–water partition coefficient (Wildman–Crippen LogP) is 1.93. The van der Waals surface area contributed by atoms with Crippen LogP contribution in [-0.2, 0) is 33.3 Å². The average Bonchev–Trinajstić information content (AvgIpc) is 3.11. The number of hydrogen-bond acceptors (Lipinski definition) is 7. The van der Waals surface area contributed by atoms with Crippen LogP contribution in [0.5, 0.6) is 0 Å². The molecule has 7 nitrogen and oxygen atoms in total. The van der Waals surface area contributed by atoms with Gasteiger partial charge in [0, 0.05) is 26.2 Å². The fraction of sp³-hybridized carbons (Fsp3) is 0.737. The fourth-order valence-corrected chi connectivity index (χ4v) is 4.06. The molecule has 2 heterocycles. The molecule has 2 fully saturated rings. The molecule has 3 rings (SSSR count). The average molecular weight is 366 g/mol. The molecule has 0 saturated carbocycles. The smallest absolute Gasteiger partial charge is 0.309 e. The molecule has 0 spiro atoms. The molecule has 0 bridgehead atoms. The third-order valence-electron chi connectivity index (χ3n) is 5.77. The first kappa shape index (κ1) is 18.9. The number of epoxide rings is 1. The van der Waals surface area contributed by atoms with Crippen LogP contribution < -0.4 is 0 Å². The lowest BCUT2D eigenvalue weighted by molar-refractivity contribution is -0.151. The van der Waals surface area contributed by atoms with Crippen LogP contribution in [0.3, 0.4) is 0 Å². The molecule has 0 unspecified atom stereocenters. The molecule has 0 aromatic rings. The normalized spacial score (nSPS) is 41.9. The van der Waals surface area contributed by atoms with E-state index < -0.39 is 23.9 Å². The SMILES string of the molecule is CC(=O)O[C@H]1C[C@H]2O[C@@]2(C)[C@@H](OC(C)=O)C[C@@H]2[C@@H](C=C1C)OC(=O)[C@@H]2C. The van der Waals surface area contributed by atoms with Crippen LogP contribution >= 0.6 is 0 Å². The first-order valence-corrected chi connectivity index (χ1v) is 9.03. The second-order valence-electron chi connectivity index (χ2n) is 7.72. The molecule has 0 N–H and O–H groups in total. The lowest BCUT2D eigenvalue weighted by Crippen LogP contribution is -2.39. The third kappa shape index (κ3) is 3.49. The van der Waals surface area contributed by atoms with Crippen molar-refractivity contribution in [2.45, 2.75) is 77.5 Å².